The highest BCUT2D eigenvalue weighted by Crippen LogP contribution is 2.27. The van der Waals surface area contributed by atoms with Crippen LogP contribution < -0.4 is 0 Å². The number of nitrogens with zero attached hydrogens (tertiary/aromatic N) is 4. The van der Waals surface area contributed by atoms with Crippen LogP contribution in [0.4, 0.5) is 0 Å². The van der Waals surface area contributed by atoms with Crippen molar-refractivity contribution in [3.05, 3.63) is 78.1 Å². The van der Waals surface area contributed by atoms with E-state index in [9.17, 15) is 0 Å². The fraction of sp³-hybridized carbons (Fsp3) is 0.150. The van der Waals surface area contributed by atoms with Gasteiger partial charge in [0.25, 0.3) is 0 Å². The van der Waals surface area contributed by atoms with E-state index in [2.05, 4.69) is 44.9 Å². The van der Waals surface area contributed by atoms with E-state index in [0.717, 1.165) is 28.0 Å². The number of hydrogen-bond acceptors (Lipinski definition) is 5. The number of aromatic nitrogens is 4. The quantitative estimate of drug-likeness (QED) is 0.476. The number of rotatable bonds is 5. The molecule has 0 atom stereocenters. The molecule has 0 saturated heterocycles. The molecular formula is C20H18N4OS. The monoisotopic (exact) mass is 362 g/mol. The van der Waals surface area contributed by atoms with Crippen LogP contribution in [0.2, 0.25) is 0 Å². The first-order valence-corrected chi connectivity index (χ1v) is 9.31. The van der Waals surface area contributed by atoms with Crippen LogP contribution in [-0.4, -0.2) is 19.7 Å². The first kappa shape index (κ1) is 16.6. The van der Waals surface area contributed by atoms with Gasteiger partial charge in [-0.15, -0.1) is 10.2 Å². The van der Waals surface area contributed by atoms with Gasteiger partial charge in [-0.3, -0.25) is 4.57 Å². The summed E-state index contributed by atoms with van der Waals surface area (Å²) >= 11 is 1.56. The lowest BCUT2D eigenvalue weighted by molar-refractivity contribution is 0.529. The number of hydrogen-bond donors (Lipinski definition) is 0. The summed E-state index contributed by atoms with van der Waals surface area (Å²) in [6.07, 6.45) is 1.77. The summed E-state index contributed by atoms with van der Waals surface area (Å²) in [5.41, 5.74) is 3.29. The average Bonchev–Trinajstić information content (AvgIpc) is 3.27. The minimum Gasteiger partial charge on any atom is -0.440 e. The van der Waals surface area contributed by atoms with E-state index in [0.29, 0.717) is 11.6 Å². The molecular weight excluding hydrogens is 344 g/mol. The zero-order valence-corrected chi connectivity index (χ0v) is 15.4. The molecule has 0 bridgehead atoms. The normalized spacial score (nSPS) is 11.0. The van der Waals surface area contributed by atoms with Crippen LogP contribution in [0, 0.1) is 13.8 Å². The molecule has 0 aliphatic rings. The van der Waals surface area contributed by atoms with Crippen LogP contribution in [0.15, 0.2) is 70.4 Å². The third-order valence-electron chi connectivity index (χ3n) is 3.99. The molecule has 0 radical (unpaired) electrons. The van der Waals surface area contributed by atoms with Crippen molar-refractivity contribution >= 4 is 11.8 Å². The molecule has 26 heavy (non-hydrogen) atoms. The number of aryl methyl sites for hydroxylation is 2. The van der Waals surface area contributed by atoms with Gasteiger partial charge >= 0.3 is 0 Å². The smallest absolute Gasteiger partial charge is 0.205 e. The zero-order valence-electron chi connectivity index (χ0n) is 14.6. The maximum atomic E-state index is 5.87. The summed E-state index contributed by atoms with van der Waals surface area (Å²) < 4.78 is 7.93. The van der Waals surface area contributed by atoms with Gasteiger partial charge in [-0.05, 0) is 31.5 Å². The first-order valence-electron chi connectivity index (χ1n) is 8.33. The molecule has 2 heterocycles. The van der Waals surface area contributed by atoms with Crippen LogP contribution in [0.5, 0.6) is 0 Å². The van der Waals surface area contributed by atoms with Crippen molar-refractivity contribution in [3.63, 3.8) is 0 Å². The Morgan fingerprint density at radius 1 is 1.00 bits per heavy atom. The van der Waals surface area contributed by atoms with Gasteiger partial charge in [0.2, 0.25) is 5.89 Å². The van der Waals surface area contributed by atoms with Gasteiger partial charge in [0, 0.05) is 11.3 Å². The van der Waals surface area contributed by atoms with Crippen molar-refractivity contribution in [3.8, 4) is 17.0 Å². The Bertz CT molecular complexity index is 1020. The standard InChI is InChI=1S/C20H18N4OS/c1-14-7-6-10-17(11-14)24-15(2)22-23-20(24)26-13-19-21-12-18(25-19)16-8-4-3-5-9-16/h3-12H,13H2,1-2H3. The average molecular weight is 362 g/mol. The molecule has 0 aliphatic heterocycles. The van der Waals surface area contributed by atoms with Gasteiger partial charge in [0.1, 0.15) is 5.82 Å². The van der Waals surface area contributed by atoms with Gasteiger partial charge in [0.05, 0.1) is 11.9 Å². The Labute approximate surface area is 156 Å². The lowest BCUT2D eigenvalue weighted by atomic mass is 10.2. The third kappa shape index (κ3) is 3.41. The summed E-state index contributed by atoms with van der Waals surface area (Å²) in [5.74, 6) is 2.90. The molecule has 0 fully saturated rings. The molecule has 0 aliphatic carbocycles. The molecule has 6 heteroatoms. The summed E-state index contributed by atoms with van der Waals surface area (Å²) in [7, 11) is 0. The maximum absolute atomic E-state index is 5.87. The van der Waals surface area contributed by atoms with Crippen LogP contribution in [-0.2, 0) is 5.75 Å². The molecule has 0 amide bonds. The van der Waals surface area contributed by atoms with Crippen molar-refractivity contribution in [2.45, 2.75) is 24.8 Å². The maximum Gasteiger partial charge on any atom is 0.205 e. The topological polar surface area (TPSA) is 56.7 Å². The summed E-state index contributed by atoms with van der Waals surface area (Å²) in [4.78, 5) is 4.39. The molecule has 4 rings (SSSR count). The van der Waals surface area contributed by atoms with Gasteiger partial charge < -0.3 is 4.42 Å². The van der Waals surface area contributed by atoms with E-state index in [1.807, 2.05) is 43.3 Å². The van der Waals surface area contributed by atoms with Crippen LogP contribution >= 0.6 is 11.8 Å². The van der Waals surface area contributed by atoms with Crippen molar-refractivity contribution in [1.29, 1.82) is 0 Å². The van der Waals surface area contributed by atoms with E-state index in [1.54, 1.807) is 18.0 Å². The van der Waals surface area contributed by atoms with Crippen molar-refractivity contribution < 1.29 is 4.42 Å². The van der Waals surface area contributed by atoms with E-state index in [4.69, 9.17) is 4.42 Å². The Morgan fingerprint density at radius 2 is 1.85 bits per heavy atom. The van der Waals surface area contributed by atoms with E-state index in [-0.39, 0.29) is 0 Å². The van der Waals surface area contributed by atoms with Gasteiger partial charge in [-0.2, -0.15) is 0 Å². The Hall–Kier alpha value is -2.86. The fourth-order valence-corrected chi connectivity index (χ4v) is 3.59. The molecule has 2 aromatic heterocycles. The minimum atomic E-state index is 0.594. The minimum absolute atomic E-state index is 0.594. The SMILES string of the molecule is Cc1cccc(-n2c(C)nnc2SCc2ncc(-c3ccccc3)o2)c1. The van der Waals surface area contributed by atoms with Gasteiger partial charge in [0.15, 0.2) is 10.9 Å². The fourth-order valence-electron chi connectivity index (χ4n) is 2.74. The lowest BCUT2D eigenvalue weighted by Gasteiger charge is -2.08. The zero-order chi connectivity index (χ0) is 17.9. The van der Waals surface area contributed by atoms with E-state index >= 15 is 0 Å². The molecule has 4 aromatic rings. The molecule has 2 aromatic carbocycles. The summed E-state index contributed by atoms with van der Waals surface area (Å²) in [6.45, 7) is 4.03. The van der Waals surface area contributed by atoms with Crippen molar-refractivity contribution in [1.82, 2.24) is 19.7 Å². The highest BCUT2D eigenvalue weighted by Gasteiger charge is 2.14. The van der Waals surface area contributed by atoms with Gasteiger partial charge in [-0.1, -0.05) is 54.2 Å². The van der Waals surface area contributed by atoms with Crippen molar-refractivity contribution in [2.24, 2.45) is 0 Å². The Morgan fingerprint density at radius 3 is 2.65 bits per heavy atom. The second kappa shape index (κ2) is 7.17. The highest BCUT2D eigenvalue weighted by molar-refractivity contribution is 7.98. The molecule has 0 saturated carbocycles. The Kier molecular flexibility index (Phi) is 4.58. The second-order valence-electron chi connectivity index (χ2n) is 5.98. The predicted molar refractivity (Wildman–Crippen MR) is 102 cm³/mol. The molecule has 0 spiro atoms. The van der Waals surface area contributed by atoms with Crippen LogP contribution in [0.25, 0.3) is 17.0 Å². The highest BCUT2D eigenvalue weighted by atomic mass is 32.2. The van der Waals surface area contributed by atoms with Crippen molar-refractivity contribution in [2.75, 3.05) is 0 Å². The largest absolute Gasteiger partial charge is 0.440 e. The Balaban J connectivity index is 1.54. The molecule has 0 unspecified atom stereocenters. The van der Waals surface area contributed by atoms with Crippen LogP contribution in [0.3, 0.4) is 0 Å². The number of benzene rings is 2. The summed E-state index contributed by atoms with van der Waals surface area (Å²) in [5, 5.41) is 9.36. The summed E-state index contributed by atoms with van der Waals surface area (Å²) in [6, 6.07) is 18.3. The number of oxazole rings is 1. The molecule has 5 nitrogen and oxygen atoms in total. The van der Waals surface area contributed by atoms with E-state index in [1.165, 1.54) is 5.56 Å². The molecule has 0 N–H and O–H groups in total. The van der Waals surface area contributed by atoms with Crippen LogP contribution in [0.1, 0.15) is 17.3 Å². The van der Waals surface area contributed by atoms with E-state index < -0.39 is 0 Å². The van der Waals surface area contributed by atoms with Gasteiger partial charge in [-0.25, -0.2) is 4.98 Å². The lowest BCUT2D eigenvalue weighted by Crippen LogP contribution is -1.99. The molecule has 130 valence electrons. The third-order valence-corrected chi connectivity index (χ3v) is 4.91. The predicted octanol–water partition coefficient (Wildman–Crippen LogP) is 4.83. The first-order chi connectivity index (χ1) is 12.7. The number of thioether (sulfide) groups is 1. The second-order valence-corrected chi connectivity index (χ2v) is 6.92.